The van der Waals surface area contributed by atoms with Crippen LogP contribution in [0.4, 0.5) is 0 Å². The molecule has 0 radical (unpaired) electrons. The summed E-state index contributed by atoms with van der Waals surface area (Å²) in [7, 11) is 0. The van der Waals surface area contributed by atoms with E-state index < -0.39 is 0 Å². The Labute approximate surface area is 236 Å². The zero-order valence-corrected chi connectivity index (χ0v) is 22.9. The first-order chi connectivity index (χ1) is 19.8. The minimum Gasteiger partial charge on any atom is -0.310 e. The molecule has 4 aromatic carbocycles. The number of allylic oxidation sites excluding steroid dienone is 4. The van der Waals surface area contributed by atoms with Crippen LogP contribution in [0.15, 0.2) is 109 Å². The molecular formula is C37H35N3. The molecule has 0 aliphatic heterocycles. The van der Waals surface area contributed by atoms with Crippen LogP contribution in [0.1, 0.15) is 59.9 Å². The molecule has 1 saturated carbocycles. The molecule has 1 N–H and O–H groups in total. The number of benzene rings is 4. The molecule has 0 amide bonds. The average molecular weight is 522 g/mol. The topological polar surface area (TPSA) is 37.8 Å². The molecule has 0 unspecified atom stereocenters. The van der Waals surface area contributed by atoms with Crippen LogP contribution < -0.4 is 5.32 Å². The lowest BCUT2D eigenvalue weighted by Crippen LogP contribution is -2.15. The van der Waals surface area contributed by atoms with Gasteiger partial charge in [-0.25, -0.2) is 0 Å². The van der Waals surface area contributed by atoms with E-state index in [2.05, 4.69) is 82.3 Å². The number of hydrogen-bond acceptors (Lipinski definition) is 3. The summed E-state index contributed by atoms with van der Waals surface area (Å²) in [6.45, 7) is 0.993. The fourth-order valence-corrected chi connectivity index (χ4v) is 6.28. The van der Waals surface area contributed by atoms with Gasteiger partial charge in [0.25, 0.3) is 0 Å². The lowest BCUT2D eigenvalue weighted by molar-refractivity contribution is 0.687. The summed E-state index contributed by atoms with van der Waals surface area (Å²) in [5.41, 5.74) is 10.5. The maximum Gasteiger partial charge on any atom is 0.0574 e. The summed E-state index contributed by atoms with van der Waals surface area (Å²) in [6, 6.07) is 29.5. The van der Waals surface area contributed by atoms with Gasteiger partial charge in [-0.1, -0.05) is 96.6 Å². The highest BCUT2D eigenvalue weighted by Crippen LogP contribution is 2.41. The Hall–Kier alpha value is -4.08. The number of fused-ring (bicyclic) bond motifs is 5. The van der Waals surface area contributed by atoms with Gasteiger partial charge < -0.3 is 5.32 Å². The second-order valence-electron chi connectivity index (χ2n) is 11.3. The summed E-state index contributed by atoms with van der Waals surface area (Å²) >= 11 is 0. The van der Waals surface area contributed by atoms with E-state index >= 15 is 0 Å². The van der Waals surface area contributed by atoms with Crippen LogP contribution in [-0.4, -0.2) is 16.2 Å². The molecule has 0 saturated heterocycles. The van der Waals surface area contributed by atoms with Gasteiger partial charge in [0.2, 0.25) is 0 Å². The number of aromatic nitrogens is 2. The van der Waals surface area contributed by atoms with Crippen LogP contribution in [-0.2, 0) is 19.4 Å². The fourth-order valence-electron chi connectivity index (χ4n) is 6.28. The van der Waals surface area contributed by atoms with E-state index in [1.807, 2.05) is 24.3 Å². The van der Waals surface area contributed by atoms with Gasteiger partial charge in [0, 0.05) is 23.4 Å². The van der Waals surface area contributed by atoms with E-state index in [0.717, 1.165) is 29.8 Å². The van der Waals surface area contributed by atoms with Crippen molar-refractivity contribution in [2.75, 3.05) is 0 Å². The Morgan fingerprint density at radius 3 is 2.33 bits per heavy atom. The monoisotopic (exact) mass is 521 g/mol. The molecule has 1 heterocycles. The van der Waals surface area contributed by atoms with Gasteiger partial charge >= 0.3 is 0 Å². The second kappa shape index (κ2) is 11.2. The summed E-state index contributed by atoms with van der Waals surface area (Å²) < 4.78 is 0. The van der Waals surface area contributed by atoms with Crippen LogP contribution in [0.25, 0.3) is 27.1 Å². The van der Waals surface area contributed by atoms with Crippen LogP contribution >= 0.6 is 0 Å². The molecule has 8 rings (SSSR count). The van der Waals surface area contributed by atoms with E-state index in [4.69, 9.17) is 0 Å². The van der Waals surface area contributed by atoms with Gasteiger partial charge in [0.15, 0.2) is 0 Å². The highest BCUT2D eigenvalue weighted by atomic mass is 15.1. The molecule has 5 aromatic rings. The average Bonchev–Trinajstić information content (AvgIpc) is 3.85. The highest BCUT2D eigenvalue weighted by Gasteiger charge is 2.22. The van der Waals surface area contributed by atoms with Crippen molar-refractivity contribution in [3.05, 3.63) is 137 Å². The first-order valence-electron chi connectivity index (χ1n) is 14.7. The minimum absolute atomic E-state index is 0.756. The third kappa shape index (κ3) is 5.35. The molecule has 0 atom stereocenters. The number of rotatable bonds is 5. The van der Waals surface area contributed by atoms with Crippen molar-refractivity contribution in [1.82, 2.24) is 15.5 Å². The molecule has 1 aromatic heterocycles. The molecule has 0 spiro atoms. The van der Waals surface area contributed by atoms with Crippen molar-refractivity contribution >= 4 is 27.1 Å². The molecular weight excluding hydrogens is 486 g/mol. The van der Waals surface area contributed by atoms with E-state index in [9.17, 15) is 0 Å². The quantitative estimate of drug-likeness (QED) is 0.252. The lowest BCUT2D eigenvalue weighted by Gasteiger charge is -2.26. The predicted octanol–water partition coefficient (Wildman–Crippen LogP) is 8.36. The Bertz CT molecular complexity index is 1680. The number of aryl methyl sites for hydroxylation is 1. The molecule has 1 fully saturated rings. The Balaban J connectivity index is 0.000000222. The summed E-state index contributed by atoms with van der Waals surface area (Å²) in [5, 5.41) is 16.3. The Morgan fingerprint density at radius 1 is 0.725 bits per heavy atom. The van der Waals surface area contributed by atoms with Gasteiger partial charge in [-0.2, -0.15) is 10.2 Å². The van der Waals surface area contributed by atoms with Crippen LogP contribution in [0, 0.1) is 0 Å². The second-order valence-corrected chi connectivity index (χ2v) is 11.3. The highest BCUT2D eigenvalue weighted by molar-refractivity contribution is 5.96. The number of hydrogen-bond donors (Lipinski definition) is 1. The van der Waals surface area contributed by atoms with Gasteiger partial charge in [0.1, 0.15) is 0 Å². The van der Waals surface area contributed by atoms with E-state index in [1.165, 1.54) is 77.1 Å². The largest absolute Gasteiger partial charge is 0.310 e. The zero-order chi connectivity index (χ0) is 26.7. The standard InChI is InChI=1S/C29H29N.C8H6N2/c1-2-10-26-22(7-1)11-16-28-27(26)15-12-23-8-4-9-24(29(23)28)18-20-5-3-6-21(17-20)19-30-25-13-14-25;1-2-4-8-6-10-9-5-7(8)3-1/h2-6,8-10,12,15,17,25,30H,1,7,11,13-14,16,18-19H2;1-6H. The summed E-state index contributed by atoms with van der Waals surface area (Å²) in [5.74, 6) is 0. The smallest absolute Gasteiger partial charge is 0.0574 e. The Kier molecular flexibility index (Phi) is 6.97. The van der Waals surface area contributed by atoms with Crippen molar-refractivity contribution < 1.29 is 0 Å². The molecule has 3 heteroatoms. The summed E-state index contributed by atoms with van der Waals surface area (Å²) in [6.07, 6.45) is 16.8. The molecule has 3 aliphatic carbocycles. The van der Waals surface area contributed by atoms with Crippen molar-refractivity contribution in [1.29, 1.82) is 0 Å². The maximum atomic E-state index is 3.76. The predicted molar refractivity (Wildman–Crippen MR) is 166 cm³/mol. The van der Waals surface area contributed by atoms with Crippen LogP contribution in [0.2, 0.25) is 0 Å². The van der Waals surface area contributed by atoms with Crippen molar-refractivity contribution in [2.24, 2.45) is 0 Å². The van der Waals surface area contributed by atoms with Gasteiger partial charge in [-0.05, 0) is 89.1 Å². The first-order valence-corrected chi connectivity index (χ1v) is 14.7. The fraction of sp³-hybridized carbons (Fsp3) is 0.243. The van der Waals surface area contributed by atoms with Crippen molar-refractivity contribution in [3.8, 4) is 0 Å². The molecule has 3 nitrogen and oxygen atoms in total. The zero-order valence-electron chi connectivity index (χ0n) is 22.9. The van der Waals surface area contributed by atoms with Gasteiger partial charge in [-0.3, -0.25) is 0 Å². The normalized spacial score (nSPS) is 15.9. The minimum atomic E-state index is 0.756. The van der Waals surface area contributed by atoms with E-state index in [0.29, 0.717) is 0 Å². The van der Waals surface area contributed by atoms with Crippen LogP contribution in [0.5, 0.6) is 0 Å². The third-order valence-corrected chi connectivity index (χ3v) is 8.50. The van der Waals surface area contributed by atoms with Gasteiger partial charge in [0.05, 0.1) is 12.4 Å². The maximum absolute atomic E-state index is 3.76. The molecule has 198 valence electrons. The van der Waals surface area contributed by atoms with Crippen molar-refractivity contribution in [3.63, 3.8) is 0 Å². The molecule has 0 bridgehead atoms. The third-order valence-electron chi connectivity index (χ3n) is 8.50. The lowest BCUT2D eigenvalue weighted by atomic mass is 9.78. The van der Waals surface area contributed by atoms with E-state index in [-0.39, 0.29) is 0 Å². The van der Waals surface area contributed by atoms with Crippen LogP contribution in [0.3, 0.4) is 0 Å². The molecule has 3 aliphatic rings. The number of nitrogens with one attached hydrogen (secondary N) is 1. The number of nitrogens with zero attached hydrogens (tertiary/aromatic N) is 2. The van der Waals surface area contributed by atoms with Crippen molar-refractivity contribution in [2.45, 2.75) is 57.5 Å². The Morgan fingerprint density at radius 2 is 1.50 bits per heavy atom. The van der Waals surface area contributed by atoms with E-state index in [1.54, 1.807) is 23.5 Å². The molecule has 40 heavy (non-hydrogen) atoms. The summed E-state index contributed by atoms with van der Waals surface area (Å²) in [4.78, 5) is 0. The first kappa shape index (κ1) is 24.9. The van der Waals surface area contributed by atoms with Gasteiger partial charge in [-0.15, -0.1) is 0 Å². The SMILES string of the molecule is C1=CC2=C(CC1)CCc1c2ccc2cccc(Cc3cccc(CNC4CC4)c3)c12.c1ccc2cnncc2c1.